The molecule has 4 nitrogen and oxygen atoms in total. The van der Waals surface area contributed by atoms with Gasteiger partial charge in [0.15, 0.2) is 5.82 Å². The summed E-state index contributed by atoms with van der Waals surface area (Å²) < 4.78 is 6.35. The van der Waals surface area contributed by atoms with Gasteiger partial charge in [-0.3, -0.25) is 0 Å². The van der Waals surface area contributed by atoms with Gasteiger partial charge in [0.05, 0.1) is 0 Å². The predicted molar refractivity (Wildman–Crippen MR) is 79.1 cm³/mol. The minimum atomic E-state index is 0.00375. The molecule has 0 bridgehead atoms. The second-order valence-corrected chi connectivity index (χ2v) is 5.44. The fourth-order valence-corrected chi connectivity index (χ4v) is 2.00. The zero-order valence-corrected chi connectivity index (χ0v) is 12.8. The topological polar surface area (TPSA) is 51.0 Å². The Morgan fingerprint density at radius 3 is 2.74 bits per heavy atom. The lowest BCUT2D eigenvalue weighted by Gasteiger charge is -2.10. The Kier molecular flexibility index (Phi) is 4.96. The third-order valence-corrected chi connectivity index (χ3v) is 3.36. The zero-order valence-electron chi connectivity index (χ0n) is 11.2. The van der Waals surface area contributed by atoms with Crippen LogP contribution in [0, 0.1) is 0 Å². The highest BCUT2D eigenvalue weighted by atomic mass is 79.9. The average Bonchev–Trinajstić information content (AvgIpc) is 2.88. The molecule has 1 heterocycles. The van der Waals surface area contributed by atoms with Crippen molar-refractivity contribution < 1.29 is 4.52 Å². The number of aromatic nitrogens is 2. The van der Waals surface area contributed by atoms with Crippen LogP contribution in [0.3, 0.4) is 0 Å². The molecule has 0 saturated carbocycles. The summed E-state index contributed by atoms with van der Waals surface area (Å²) >= 11 is 3.42. The van der Waals surface area contributed by atoms with Gasteiger partial charge in [-0.15, -0.1) is 0 Å². The van der Waals surface area contributed by atoms with E-state index < -0.39 is 0 Å². The summed E-state index contributed by atoms with van der Waals surface area (Å²) in [6.07, 6.45) is 3.11. The number of nitrogens with one attached hydrogen (secondary N) is 1. The van der Waals surface area contributed by atoms with E-state index in [1.54, 1.807) is 0 Å². The molecule has 1 unspecified atom stereocenters. The number of anilines is 1. The van der Waals surface area contributed by atoms with Gasteiger partial charge < -0.3 is 9.84 Å². The number of rotatable bonds is 6. The first kappa shape index (κ1) is 14.1. The van der Waals surface area contributed by atoms with Crippen LogP contribution in [-0.4, -0.2) is 10.1 Å². The van der Waals surface area contributed by atoms with E-state index in [9.17, 15) is 0 Å². The van der Waals surface area contributed by atoms with Crippen LogP contribution in [0.15, 0.2) is 33.3 Å². The van der Waals surface area contributed by atoms with E-state index in [0.29, 0.717) is 5.89 Å². The Morgan fingerprint density at radius 2 is 2.05 bits per heavy atom. The van der Waals surface area contributed by atoms with Crippen LogP contribution in [0.25, 0.3) is 0 Å². The van der Waals surface area contributed by atoms with E-state index >= 15 is 0 Å². The highest BCUT2D eigenvalue weighted by Crippen LogP contribution is 2.20. The highest BCUT2D eigenvalue weighted by Gasteiger charge is 2.13. The van der Waals surface area contributed by atoms with Crippen LogP contribution < -0.4 is 5.32 Å². The lowest BCUT2D eigenvalue weighted by atomic mass is 10.2. The third kappa shape index (κ3) is 4.06. The molecule has 1 aromatic carbocycles. The second-order valence-electron chi connectivity index (χ2n) is 4.53. The van der Waals surface area contributed by atoms with Gasteiger partial charge >= 0.3 is 0 Å². The molecule has 0 aliphatic carbocycles. The quantitative estimate of drug-likeness (QED) is 0.858. The maximum Gasteiger partial charge on any atom is 0.248 e. The maximum absolute atomic E-state index is 5.29. The van der Waals surface area contributed by atoms with E-state index in [-0.39, 0.29) is 6.04 Å². The Labute approximate surface area is 121 Å². The van der Waals surface area contributed by atoms with Crippen LogP contribution in [-0.2, 0) is 6.42 Å². The van der Waals surface area contributed by atoms with Gasteiger partial charge in [-0.05, 0) is 37.6 Å². The number of aryl methyl sites for hydroxylation is 1. The first-order chi connectivity index (χ1) is 9.19. The van der Waals surface area contributed by atoms with Gasteiger partial charge in [-0.2, -0.15) is 4.98 Å². The lowest BCUT2D eigenvalue weighted by Crippen LogP contribution is -2.07. The van der Waals surface area contributed by atoms with Crippen LogP contribution in [0.2, 0.25) is 0 Å². The molecule has 1 aromatic heterocycles. The minimum Gasteiger partial charge on any atom is -0.374 e. The molecule has 5 heteroatoms. The lowest BCUT2D eigenvalue weighted by molar-refractivity contribution is 0.362. The summed E-state index contributed by atoms with van der Waals surface area (Å²) in [6, 6.07) is 8.01. The molecule has 0 aliphatic rings. The fourth-order valence-electron chi connectivity index (χ4n) is 1.74. The van der Waals surface area contributed by atoms with E-state index in [4.69, 9.17) is 4.52 Å². The SMILES string of the molecule is CCCCc1noc(C(C)Nc2ccc(Br)cc2)n1. The zero-order chi connectivity index (χ0) is 13.7. The van der Waals surface area contributed by atoms with E-state index in [1.165, 1.54) is 0 Å². The molecule has 1 N–H and O–H groups in total. The molecule has 0 spiro atoms. The average molecular weight is 324 g/mol. The summed E-state index contributed by atoms with van der Waals surface area (Å²) in [5.74, 6) is 1.43. The monoisotopic (exact) mass is 323 g/mol. The number of halogens is 1. The summed E-state index contributed by atoms with van der Waals surface area (Å²) in [6.45, 7) is 4.16. The van der Waals surface area contributed by atoms with Crippen molar-refractivity contribution in [2.24, 2.45) is 0 Å². The van der Waals surface area contributed by atoms with Crippen molar-refractivity contribution in [2.45, 2.75) is 39.2 Å². The molecule has 0 fully saturated rings. The summed E-state index contributed by atoms with van der Waals surface area (Å²) in [5.41, 5.74) is 1.03. The number of hydrogen-bond donors (Lipinski definition) is 1. The molecule has 0 aliphatic heterocycles. The number of hydrogen-bond acceptors (Lipinski definition) is 4. The number of unbranched alkanes of at least 4 members (excludes halogenated alkanes) is 1. The van der Waals surface area contributed by atoms with Gasteiger partial charge in [0.2, 0.25) is 5.89 Å². The van der Waals surface area contributed by atoms with Crippen LogP contribution in [0.4, 0.5) is 5.69 Å². The normalized spacial score (nSPS) is 12.4. The van der Waals surface area contributed by atoms with Crippen LogP contribution in [0.5, 0.6) is 0 Å². The Morgan fingerprint density at radius 1 is 1.32 bits per heavy atom. The van der Waals surface area contributed by atoms with Crippen molar-refractivity contribution in [3.8, 4) is 0 Å². The van der Waals surface area contributed by atoms with E-state index in [0.717, 1.165) is 35.2 Å². The standard InChI is InChI=1S/C14H18BrN3O/c1-3-4-5-13-17-14(19-18-13)10(2)16-12-8-6-11(15)7-9-12/h6-10,16H,3-5H2,1-2H3. The molecule has 0 saturated heterocycles. The summed E-state index contributed by atoms with van der Waals surface area (Å²) in [5, 5.41) is 7.33. The fraction of sp³-hybridized carbons (Fsp3) is 0.429. The van der Waals surface area contributed by atoms with Crippen LogP contribution >= 0.6 is 15.9 Å². The summed E-state index contributed by atoms with van der Waals surface area (Å²) in [4.78, 5) is 4.41. The molecule has 102 valence electrons. The predicted octanol–water partition coefficient (Wildman–Crippen LogP) is 4.35. The summed E-state index contributed by atoms with van der Waals surface area (Å²) in [7, 11) is 0. The van der Waals surface area contributed by atoms with Gasteiger partial charge in [0.1, 0.15) is 6.04 Å². The Balaban J connectivity index is 1.97. The van der Waals surface area contributed by atoms with Crippen molar-refractivity contribution in [1.82, 2.24) is 10.1 Å². The first-order valence-electron chi connectivity index (χ1n) is 6.53. The highest BCUT2D eigenvalue weighted by molar-refractivity contribution is 9.10. The van der Waals surface area contributed by atoms with E-state index in [2.05, 4.69) is 38.3 Å². The second kappa shape index (κ2) is 6.70. The molecule has 0 amide bonds. The number of benzene rings is 1. The van der Waals surface area contributed by atoms with E-state index in [1.807, 2.05) is 31.2 Å². The Hall–Kier alpha value is -1.36. The van der Waals surface area contributed by atoms with Crippen molar-refractivity contribution in [3.63, 3.8) is 0 Å². The first-order valence-corrected chi connectivity index (χ1v) is 7.33. The molecule has 2 aromatic rings. The van der Waals surface area contributed by atoms with Gasteiger partial charge in [-0.1, -0.05) is 34.4 Å². The maximum atomic E-state index is 5.29. The molecule has 0 radical (unpaired) electrons. The minimum absolute atomic E-state index is 0.00375. The van der Waals surface area contributed by atoms with Crippen molar-refractivity contribution >= 4 is 21.6 Å². The van der Waals surface area contributed by atoms with Crippen molar-refractivity contribution in [3.05, 3.63) is 40.5 Å². The largest absolute Gasteiger partial charge is 0.374 e. The van der Waals surface area contributed by atoms with Crippen LogP contribution in [0.1, 0.15) is 44.4 Å². The van der Waals surface area contributed by atoms with Gasteiger partial charge in [-0.25, -0.2) is 0 Å². The molecular weight excluding hydrogens is 306 g/mol. The Bertz CT molecular complexity index is 510. The molecule has 19 heavy (non-hydrogen) atoms. The molecule has 2 rings (SSSR count). The number of nitrogens with zero attached hydrogens (tertiary/aromatic N) is 2. The van der Waals surface area contributed by atoms with Gasteiger partial charge in [0, 0.05) is 16.6 Å². The van der Waals surface area contributed by atoms with Crippen molar-refractivity contribution in [1.29, 1.82) is 0 Å². The van der Waals surface area contributed by atoms with Crippen molar-refractivity contribution in [2.75, 3.05) is 5.32 Å². The molecular formula is C14H18BrN3O. The third-order valence-electron chi connectivity index (χ3n) is 2.84. The molecule has 1 atom stereocenters. The van der Waals surface area contributed by atoms with Gasteiger partial charge in [0.25, 0.3) is 0 Å². The smallest absolute Gasteiger partial charge is 0.248 e.